The highest BCUT2D eigenvalue weighted by Gasteiger charge is 2.67. The second-order valence-corrected chi connectivity index (χ2v) is 21.1. The number of ketones is 1. The van der Waals surface area contributed by atoms with Crippen LogP contribution in [-0.2, 0) is 32.2 Å². The van der Waals surface area contributed by atoms with Crippen molar-refractivity contribution in [3.05, 3.63) is 45.5 Å². The highest BCUT2D eigenvalue weighted by Crippen LogP contribution is 2.73. The third-order valence-electron chi connectivity index (χ3n) is 15.7. The fourth-order valence-electron chi connectivity index (χ4n) is 13.4. The van der Waals surface area contributed by atoms with Gasteiger partial charge in [0, 0.05) is 54.4 Å². The van der Waals surface area contributed by atoms with Crippen LogP contribution >= 0.6 is 11.6 Å². The van der Waals surface area contributed by atoms with Gasteiger partial charge >= 0.3 is 5.97 Å². The maximum absolute atomic E-state index is 14.1. The van der Waals surface area contributed by atoms with E-state index in [0.717, 1.165) is 81.9 Å². The number of esters is 1. The van der Waals surface area contributed by atoms with Crippen molar-refractivity contribution < 1.29 is 29.3 Å². The zero-order chi connectivity index (χ0) is 41.6. The summed E-state index contributed by atoms with van der Waals surface area (Å²) in [6, 6.07) is 6.05. The van der Waals surface area contributed by atoms with Crippen LogP contribution in [0.4, 0.5) is 0 Å². The number of carbonyl (C=O) groups excluding carboxylic acids is 3. The Bertz CT molecular complexity index is 1650. The number of aliphatic hydroxyl groups is 2. The SMILES string of the molecule is CC(C)C1=C2C3CCC4C(C)(CCC5C(C)(C)C(OC(=O)CC(C)(C)C=O)CCC54C)C3CCC2(C(O)CNCc2ccc(Cl)cc2CN(C)C)CC1=O.CO. The van der Waals surface area contributed by atoms with Gasteiger partial charge in [-0.25, -0.2) is 0 Å². The maximum Gasteiger partial charge on any atom is 0.307 e. The molecule has 9 unspecified atom stereocenters. The Morgan fingerprint density at radius 1 is 1.00 bits per heavy atom. The van der Waals surface area contributed by atoms with Crippen LogP contribution in [0.1, 0.15) is 131 Å². The minimum atomic E-state index is -0.720. The summed E-state index contributed by atoms with van der Waals surface area (Å²) in [4.78, 5) is 40.8. The second kappa shape index (κ2) is 16.9. The molecule has 0 bridgehead atoms. The zero-order valence-corrected chi connectivity index (χ0v) is 37.2. The molecule has 56 heavy (non-hydrogen) atoms. The summed E-state index contributed by atoms with van der Waals surface area (Å²) in [5, 5.41) is 23.6. The number of halogens is 1. The summed E-state index contributed by atoms with van der Waals surface area (Å²) in [6.45, 7) is 19.5. The Labute approximate surface area is 342 Å². The Kier molecular flexibility index (Phi) is 13.6. The largest absolute Gasteiger partial charge is 0.462 e. The number of rotatable bonds is 12. The van der Waals surface area contributed by atoms with Gasteiger partial charge in [0.25, 0.3) is 0 Å². The monoisotopic (exact) mass is 797 g/mol. The molecule has 5 aliphatic rings. The first-order valence-electron chi connectivity index (χ1n) is 21.4. The lowest BCUT2D eigenvalue weighted by Crippen LogP contribution is -2.63. The van der Waals surface area contributed by atoms with Crippen LogP contribution in [0.25, 0.3) is 0 Å². The van der Waals surface area contributed by atoms with Crippen LogP contribution in [0.2, 0.25) is 5.02 Å². The average molecular weight is 798 g/mol. The Hall–Kier alpha value is -2.10. The van der Waals surface area contributed by atoms with Crippen molar-refractivity contribution >= 4 is 29.6 Å². The number of Topliss-reactive ketones (excluding diaryl/α,β-unsaturated/α-hetero) is 1. The fraction of sp³-hybridized carbons (Fsp3) is 0.766. The maximum atomic E-state index is 14.1. The van der Waals surface area contributed by atoms with E-state index in [1.807, 2.05) is 12.1 Å². The minimum Gasteiger partial charge on any atom is -0.462 e. The van der Waals surface area contributed by atoms with Gasteiger partial charge in [-0.15, -0.1) is 0 Å². The number of carbonyl (C=O) groups is 3. The number of ether oxygens (including phenoxy) is 1. The molecule has 9 atom stereocenters. The highest BCUT2D eigenvalue weighted by atomic mass is 35.5. The number of aldehydes is 1. The second-order valence-electron chi connectivity index (χ2n) is 20.6. The molecule has 0 amide bonds. The molecule has 0 aromatic heterocycles. The summed E-state index contributed by atoms with van der Waals surface area (Å²) in [5.74, 6) is 1.88. The number of nitrogens with zero attached hydrogens (tertiary/aromatic N) is 1. The molecule has 5 aliphatic carbocycles. The molecular weight excluding hydrogens is 724 g/mol. The Morgan fingerprint density at radius 2 is 1.68 bits per heavy atom. The third kappa shape index (κ3) is 8.09. The first-order chi connectivity index (χ1) is 26.2. The quantitative estimate of drug-likeness (QED) is 0.142. The molecule has 1 aromatic carbocycles. The van der Waals surface area contributed by atoms with Crippen LogP contribution in [0.15, 0.2) is 29.3 Å². The lowest BCUT2D eigenvalue weighted by molar-refractivity contribution is -0.214. The van der Waals surface area contributed by atoms with Gasteiger partial charge in [0.2, 0.25) is 0 Å². The molecule has 3 N–H and O–H groups in total. The highest BCUT2D eigenvalue weighted by molar-refractivity contribution is 6.30. The van der Waals surface area contributed by atoms with Gasteiger partial charge in [-0.3, -0.25) is 9.59 Å². The van der Waals surface area contributed by atoms with Gasteiger partial charge < -0.3 is 30.0 Å². The van der Waals surface area contributed by atoms with Crippen molar-refractivity contribution in [1.29, 1.82) is 0 Å². The number of hydrogen-bond donors (Lipinski definition) is 3. The van der Waals surface area contributed by atoms with E-state index in [1.165, 1.54) is 16.7 Å². The molecule has 0 saturated heterocycles. The predicted molar refractivity (Wildman–Crippen MR) is 224 cm³/mol. The van der Waals surface area contributed by atoms with Crippen molar-refractivity contribution in [2.45, 2.75) is 145 Å². The van der Waals surface area contributed by atoms with E-state index in [4.69, 9.17) is 21.4 Å². The van der Waals surface area contributed by atoms with E-state index in [-0.39, 0.29) is 46.4 Å². The van der Waals surface area contributed by atoms with Crippen LogP contribution < -0.4 is 5.32 Å². The molecule has 1 aromatic rings. The van der Waals surface area contributed by atoms with Crippen LogP contribution in [-0.4, -0.2) is 73.1 Å². The topological polar surface area (TPSA) is 116 Å². The minimum absolute atomic E-state index is 0.109. The van der Waals surface area contributed by atoms with E-state index >= 15 is 0 Å². The molecule has 0 aliphatic heterocycles. The molecule has 0 radical (unpaired) electrons. The Morgan fingerprint density at radius 3 is 2.32 bits per heavy atom. The van der Waals surface area contributed by atoms with E-state index in [9.17, 15) is 19.5 Å². The van der Waals surface area contributed by atoms with Crippen LogP contribution in [0, 0.1) is 56.7 Å². The molecule has 4 saturated carbocycles. The van der Waals surface area contributed by atoms with Gasteiger partial charge in [-0.2, -0.15) is 0 Å². The molecular formula is C47H73ClN2O6. The number of benzene rings is 1. The van der Waals surface area contributed by atoms with E-state index in [1.54, 1.807) is 13.8 Å². The first kappa shape index (κ1) is 45.0. The van der Waals surface area contributed by atoms with Crippen molar-refractivity contribution in [2.75, 3.05) is 27.7 Å². The summed E-state index contributed by atoms with van der Waals surface area (Å²) in [6.07, 6.45) is 8.77. The van der Waals surface area contributed by atoms with Crippen molar-refractivity contribution in [2.24, 2.45) is 56.7 Å². The molecule has 314 valence electrons. The lowest BCUT2D eigenvalue weighted by Gasteiger charge is -2.69. The first-order valence-corrected chi connectivity index (χ1v) is 21.8. The number of hydrogen-bond acceptors (Lipinski definition) is 8. The predicted octanol–water partition coefficient (Wildman–Crippen LogP) is 8.58. The molecule has 4 fully saturated rings. The standard InChI is InChI=1S/C46H69ClN2O5.CH4O/c1-28(2)40-34(51)22-46(37(52)25-48-24-29-11-12-31(47)21-30(29)26-49(9)10)20-15-33-32(41(40)46)13-14-36-44(33,7)18-16-35-43(5,6)38(17-19-45(35,36)8)54-39(53)23-42(3,4)27-50;1-2/h11-12,21,27-28,32-33,35-38,48,52H,13-20,22-26H2,1-10H3;2H,1H3. The molecule has 6 rings (SSSR count). The summed E-state index contributed by atoms with van der Waals surface area (Å²) < 4.78 is 6.22. The van der Waals surface area contributed by atoms with Gasteiger partial charge in [0.05, 0.1) is 12.5 Å². The summed E-state index contributed by atoms with van der Waals surface area (Å²) >= 11 is 6.36. The molecule has 9 heteroatoms. The van der Waals surface area contributed by atoms with Crippen molar-refractivity contribution in [3.8, 4) is 0 Å². The van der Waals surface area contributed by atoms with E-state index in [0.29, 0.717) is 43.2 Å². The smallest absolute Gasteiger partial charge is 0.307 e. The summed E-state index contributed by atoms with van der Waals surface area (Å²) in [7, 11) is 5.11. The average Bonchev–Trinajstić information content (AvgIpc) is 3.44. The van der Waals surface area contributed by atoms with Gasteiger partial charge in [-0.1, -0.05) is 78.6 Å². The number of aliphatic hydroxyl groups excluding tert-OH is 2. The van der Waals surface area contributed by atoms with Gasteiger partial charge in [0.1, 0.15) is 12.4 Å². The molecule has 8 nitrogen and oxygen atoms in total. The number of nitrogens with one attached hydrogen (secondary N) is 1. The van der Waals surface area contributed by atoms with Crippen molar-refractivity contribution in [3.63, 3.8) is 0 Å². The normalized spacial score (nSPS) is 34.1. The molecule has 0 heterocycles. The number of allylic oxidation sites excluding steroid dienone is 1. The van der Waals surface area contributed by atoms with Gasteiger partial charge in [-0.05, 0) is 135 Å². The van der Waals surface area contributed by atoms with E-state index < -0.39 is 16.9 Å². The molecule has 0 spiro atoms. The third-order valence-corrected chi connectivity index (χ3v) is 16.0. The van der Waals surface area contributed by atoms with Gasteiger partial charge in [0.15, 0.2) is 5.78 Å². The van der Waals surface area contributed by atoms with Crippen LogP contribution in [0.3, 0.4) is 0 Å². The van der Waals surface area contributed by atoms with Crippen LogP contribution in [0.5, 0.6) is 0 Å². The van der Waals surface area contributed by atoms with Crippen molar-refractivity contribution in [1.82, 2.24) is 10.2 Å². The zero-order valence-electron chi connectivity index (χ0n) is 36.4. The summed E-state index contributed by atoms with van der Waals surface area (Å²) in [5.41, 5.74) is 3.54. The van der Waals surface area contributed by atoms with E-state index in [2.05, 4.69) is 71.9 Å². The number of fused-ring (bicyclic) bond motifs is 7. The Balaban J connectivity index is 0.00000295. The fourth-order valence-corrected chi connectivity index (χ4v) is 13.6. The lowest BCUT2D eigenvalue weighted by atomic mass is 9.36.